The molecule has 0 bridgehead atoms. The van der Waals surface area contributed by atoms with Crippen LogP contribution < -0.4 is 10.1 Å². The molecule has 4 heterocycles. The zero-order chi connectivity index (χ0) is 25.2. The van der Waals surface area contributed by atoms with Crippen molar-refractivity contribution < 1.29 is 18.3 Å². The second-order valence-corrected chi connectivity index (χ2v) is 9.73. The van der Waals surface area contributed by atoms with Gasteiger partial charge in [0.05, 0.1) is 24.7 Å². The molecule has 9 nitrogen and oxygen atoms in total. The van der Waals surface area contributed by atoms with Crippen molar-refractivity contribution in [1.82, 2.24) is 29.0 Å². The Kier molecular flexibility index (Phi) is 5.13. The Morgan fingerprint density at radius 3 is 2.75 bits per heavy atom. The molecule has 4 aromatic rings. The van der Waals surface area contributed by atoms with Gasteiger partial charge in [0.25, 0.3) is 6.43 Å². The average Bonchev–Trinajstić information content (AvgIpc) is 3.34. The van der Waals surface area contributed by atoms with Crippen molar-refractivity contribution in [3.05, 3.63) is 36.3 Å². The van der Waals surface area contributed by atoms with Crippen LogP contribution in [0.1, 0.15) is 32.0 Å². The number of anilines is 1. The third-order valence-electron chi connectivity index (χ3n) is 7.58. The van der Waals surface area contributed by atoms with Crippen LogP contribution in [0.2, 0.25) is 0 Å². The number of hydrogen-bond donors (Lipinski definition) is 1. The van der Waals surface area contributed by atoms with Crippen LogP contribution in [0.3, 0.4) is 0 Å². The molecule has 2 aliphatic rings. The topological polar surface area (TPSA) is 89.6 Å². The Balaban J connectivity index is 1.30. The standard InChI is InChI=1S/C25H27F2N7O2/c1-14-28-19-5-4-16(10-20(19)32(14)13-21(26)27)18-6-8-34-22(18)23(36-3)30-24(31-34)29-17-11-25(12-17)7-9-33(25)15(2)35/h4-6,8,10,17,21H,7,9,11-13H2,1-3H3,(H,29,31)/t17-,25-. The number of hydrogen-bond acceptors (Lipinski definition) is 6. The van der Waals surface area contributed by atoms with E-state index in [-0.39, 0.29) is 17.5 Å². The van der Waals surface area contributed by atoms with E-state index in [9.17, 15) is 13.6 Å². The van der Waals surface area contributed by atoms with E-state index in [2.05, 4.69) is 20.4 Å². The number of methoxy groups -OCH3 is 1. The summed E-state index contributed by atoms with van der Waals surface area (Å²) in [6.07, 6.45) is 2.14. The lowest BCUT2D eigenvalue weighted by atomic mass is 9.64. The zero-order valence-corrected chi connectivity index (χ0v) is 20.3. The Morgan fingerprint density at radius 1 is 1.28 bits per heavy atom. The Labute approximate surface area is 206 Å². The molecule has 2 fully saturated rings. The number of ether oxygens (including phenoxy) is 1. The second-order valence-electron chi connectivity index (χ2n) is 9.73. The van der Waals surface area contributed by atoms with Gasteiger partial charge in [0.1, 0.15) is 11.3 Å². The molecule has 0 atom stereocenters. The van der Waals surface area contributed by atoms with Gasteiger partial charge in [-0.1, -0.05) is 6.07 Å². The van der Waals surface area contributed by atoms with Crippen LogP contribution in [-0.2, 0) is 11.3 Å². The minimum atomic E-state index is -2.47. The number of nitrogens with zero attached hydrogens (tertiary/aromatic N) is 6. The molecule has 1 N–H and O–H groups in total. The van der Waals surface area contributed by atoms with Crippen LogP contribution in [0.5, 0.6) is 5.88 Å². The number of rotatable bonds is 6. The fourth-order valence-electron chi connectivity index (χ4n) is 5.81. The van der Waals surface area contributed by atoms with Crippen LogP contribution in [0.25, 0.3) is 27.7 Å². The highest BCUT2D eigenvalue weighted by Gasteiger charge is 2.55. The van der Waals surface area contributed by atoms with E-state index in [1.807, 2.05) is 35.4 Å². The summed E-state index contributed by atoms with van der Waals surface area (Å²) in [5.74, 6) is 1.54. The summed E-state index contributed by atoms with van der Waals surface area (Å²) in [5.41, 5.74) is 3.66. The second kappa shape index (κ2) is 8.14. The molecule has 1 spiro atoms. The van der Waals surface area contributed by atoms with Gasteiger partial charge in [-0.3, -0.25) is 4.79 Å². The van der Waals surface area contributed by atoms with Gasteiger partial charge < -0.3 is 19.5 Å². The van der Waals surface area contributed by atoms with Gasteiger partial charge >= 0.3 is 0 Å². The van der Waals surface area contributed by atoms with Gasteiger partial charge in [-0.25, -0.2) is 18.3 Å². The van der Waals surface area contributed by atoms with Crippen molar-refractivity contribution in [2.24, 2.45) is 0 Å². The van der Waals surface area contributed by atoms with Gasteiger partial charge in [-0.15, -0.1) is 5.10 Å². The molecule has 1 saturated carbocycles. The van der Waals surface area contributed by atoms with Crippen LogP contribution in [0.15, 0.2) is 30.5 Å². The molecule has 3 aromatic heterocycles. The number of fused-ring (bicyclic) bond motifs is 2. The maximum absolute atomic E-state index is 13.2. The first kappa shape index (κ1) is 22.7. The van der Waals surface area contributed by atoms with Crippen molar-refractivity contribution in [2.45, 2.75) is 57.7 Å². The number of carbonyl (C=O) groups excluding carboxylic acids is 1. The third-order valence-corrected chi connectivity index (χ3v) is 7.58. The summed E-state index contributed by atoms with van der Waals surface area (Å²) in [5, 5.41) is 8.02. The number of alkyl halides is 2. The monoisotopic (exact) mass is 495 g/mol. The maximum atomic E-state index is 13.2. The lowest BCUT2D eigenvalue weighted by molar-refractivity contribution is -0.154. The maximum Gasteiger partial charge on any atom is 0.256 e. The molecular weight excluding hydrogens is 468 g/mol. The summed E-state index contributed by atoms with van der Waals surface area (Å²) in [6, 6.07) is 7.71. The van der Waals surface area contributed by atoms with E-state index in [0.717, 1.165) is 36.9 Å². The Morgan fingerprint density at radius 2 is 2.08 bits per heavy atom. The number of amides is 1. The minimum absolute atomic E-state index is 0.00779. The van der Waals surface area contributed by atoms with Crippen molar-refractivity contribution in [1.29, 1.82) is 0 Å². The third kappa shape index (κ3) is 3.48. The van der Waals surface area contributed by atoms with Crippen molar-refractivity contribution >= 4 is 28.4 Å². The van der Waals surface area contributed by atoms with Crippen molar-refractivity contribution in [3.63, 3.8) is 0 Å². The fourth-order valence-corrected chi connectivity index (χ4v) is 5.81. The van der Waals surface area contributed by atoms with Gasteiger partial charge in [-0.05, 0) is 49.9 Å². The van der Waals surface area contributed by atoms with E-state index >= 15 is 0 Å². The number of benzene rings is 1. The summed E-state index contributed by atoms with van der Waals surface area (Å²) in [7, 11) is 1.56. The van der Waals surface area contributed by atoms with Crippen molar-refractivity contribution in [2.75, 3.05) is 19.0 Å². The van der Waals surface area contributed by atoms with Crippen LogP contribution in [0.4, 0.5) is 14.7 Å². The number of nitrogens with one attached hydrogen (secondary N) is 1. The molecular formula is C25H27F2N7O2. The quantitative estimate of drug-likeness (QED) is 0.437. The van der Waals surface area contributed by atoms with E-state index in [1.54, 1.807) is 25.5 Å². The molecule has 0 unspecified atom stereocenters. The SMILES string of the molecule is COc1nc(N[C@H]2C[C@@]3(CCN3C(C)=O)C2)nn2ccc(-c3ccc4nc(C)n(CC(F)F)c4c3)c12. The van der Waals surface area contributed by atoms with Crippen LogP contribution in [0, 0.1) is 6.92 Å². The predicted octanol–water partition coefficient (Wildman–Crippen LogP) is 3.89. The Bertz CT molecular complexity index is 1490. The molecule has 36 heavy (non-hydrogen) atoms. The van der Waals surface area contributed by atoms with E-state index < -0.39 is 13.0 Å². The molecule has 188 valence electrons. The first-order valence-electron chi connectivity index (χ1n) is 12.0. The van der Waals surface area contributed by atoms with E-state index in [1.165, 1.54) is 4.57 Å². The molecule has 1 aliphatic carbocycles. The molecule has 11 heteroatoms. The summed E-state index contributed by atoms with van der Waals surface area (Å²) in [4.78, 5) is 22.8. The fraction of sp³-hybridized carbons (Fsp3) is 0.440. The summed E-state index contributed by atoms with van der Waals surface area (Å²) in [6.45, 7) is 3.78. The summed E-state index contributed by atoms with van der Waals surface area (Å²) < 4.78 is 35.2. The molecule has 1 amide bonds. The van der Waals surface area contributed by atoms with Gasteiger partial charge in [0, 0.05) is 36.8 Å². The van der Waals surface area contributed by atoms with Gasteiger partial charge in [0.15, 0.2) is 0 Å². The summed E-state index contributed by atoms with van der Waals surface area (Å²) >= 11 is 0. The highest BCUT2D eigenvalue weighted by molar-refractivity contribution is 5.90. The number of halogens is 2. The van der Waals surface area contributed by atoms with Crippen molar-refractivity contribution in [3.8, 4) is 17.0 Å². The van der Waals surface area contributed by atoms with Gasteiger partial charge in [0.2, 0.25) is 17.7 Å². The highest BCUT2D eigenvalue weighted by Crippen LogP contribution is 2.48. The Hall–Kier alpha value is -3.76. The lowest BCUT2D eigenvalue weighted by Gasteiger charge is -2.61. The smallest absolute Gasteiger partial charge is 0.256 e. The number of aryl methyl sites for hydroxylation is 1. The molecule has 1 aliphatic heterocycles. The predicted molar refractivity (Wildman–Crippen MR) is 130 cm³/mol. The normalized spacial score (nSPS) is 21.3. The lowest BCUT2D eigenvalue weighted by Crippen LogP contribution is -2.70. The van der Waals surface area contributed by atoms with E-state index in [4.69, 9.17) is 4.74 Å². The van der Waals surface area contributed by atoms with E-state index in [0.29, 0.717) is 34.2 Å². The molecule has 1 aromatic carbocycles. The largest absolute Gasteiger partial charge is 0.479 e. The molecule has 1 saturated heterocycles. The number of likely N-dealkylation sites (tertiary alicyclic amines) is 1. The number of imidazole rings is 1. The first-order valence-corrected chi connectivity index (χ1v) is 12.0. The zero-order valence-electron chi connectivity index (χ0n) is 20.3. The van der Waals surface area contributed by atoms with Gasteiger partial charge in [-0.2, -0.15) is 4.98 Å². The minimum Gasteiger partial charge on any atom is -0.479 e. The average molecular weight is 496 g/mol. The number of aromatic nitrogens is 5. The molecule has 0 radical (unpaired) electrons. The van der Waals surface area contributed by atoms with Crippen LogP contribution >= 0.6 is 0 Å². The highest BCUT2D eigenvalue weighted by atomic mass is 19.3. The molecule has 6 rings (SSSR count). The van der Waals surface area contributed by atoms with Crippen LogP contribution in [-0.4, -0.2) is 66.6 Å². The number of carbonyl (C=O) groups is 1. The first-order chi connectivity index (χ1) is 17.3.